The van der Waals surface area contributed by atoms with Gasteiger partial charge in [0, 0.05) is 23.8 Å². The Kier molecular flexibility index (Phi) is 6.35. The fraction of sp³-hybridized carbons (Fsp3) is 0.333. The minimum atomic E-state index is -0.199. The van der Waals surface area contributed by atoms with Gasteiger partial charge in [0.25, 0.3) is 0 Å². The van der Waals surface area contributed by atoms with Crippen molar-refractivity contribution in [3.8, 4) is 0 Å². The van der Waals surface area contributed by atoms with E-state index in [2.05, 4.69) is 10.6 Å². The van der Waals surface area contributed by atoms with E-state index < -0.39 is 0 Å². The van der Waals surface area contributed by atoms with Crippen LogP contribution in [0.1, 0.15) is 31.4 Å². The lowest BCUT2D eigenvalue weighted by molar-refractivity contribution is -0.126. The molecule has 27 heavy (non-hydrogen) atoms. The number of amides is 3. The first kappa shape index (κ1) is 19.2. The zero-order valence-corrected chi connectivity index (χ0v) is 16.1. The van der Waals surface area contributed by atoms with Crippen molar-refractivity contribution in [1.29, 1.82) is 0 Å². The molecule has 3 rings (SSSR count). The van der Waals surface area contributed by atoms with Gasteiger partial charge in [-0.1, -0.05) is 41.9 Å². The fourth-order valence-corrected chi connectivity index (χ4v) is 3.39. The van der Waals surface area contributed by atoms with E-state index in [0.29, 0.717) is 18.1 Å². The molecule has 1 aliphatic rings. The molecule has 0 radical (unpaired) electrons. The van der Waals surface area contributed by atoms with E-state index in [1.165, 1.54) is 0 Å². The molecule has 2 atom stereocenters. The Morgan fingerprint density at radius 1 is 1.11 bits per heavy atom. The topological polar surface area (TPSA) is 61.4 Å². The molecular formula is C21H24ClN3O2. The van der Waals surface area contributed by atoms with Gasteiger partial charge in [-0.2, -0.15) is 0 Å². The molecule has 1 aliphatic heterocycles. The van der Waals surface area contributed by atoms with E-state index in [1.807, 2.05) is 61.5 Å². The Balaban J connectivity index is 1.56. The van der Waals surface area contributed by atoms with Crippen LogP contribution < -0.4 is 10.6 Å². The quantitative estimate of drug-likeness (QED) is 0.816. The number of benzene rings is 2. The number of anilines is 1. The van der Waals surface area contributed by atoms with Crippen molar-refractivity contribution in [3.05, 3.63) is 65.2 Å². The smallest absolute Gasteiger partial charge is 0.321 e. The number of likely N-dealkylation sites (tertiary alicyclic amines) is 1. The first-order valence-corrected chi connectivity index (χ1v) is 9.57. The van der Waals surface area contributed by atoms with Crippen LogP contribution in [0.15, 0.2) is 54.6 Å². The van der Waals surface area contributed by atoms with Gasteiger partial charge in [-0.3, -0.25) is 4.79 Å². The summed E-state index contributed by atoms with van der Waals surface area (Å²) in [6.07, 6.45) is 1.60. The molecule has 5 nitrogen and oxygen atoms in total. The summed E-state index contributed by atoms with van der Waals surface area (Å²) in [5.41, 5.74) is 1.76. The van der Waals surface area contributed by atoms with Crippen molar-refractivity contribution in [2.75, 3.05) is 18.4 Å². The lowest BCUT2D eigenvalue weighted by Crippen LogP contribution is -2.47. The van der Waals surface area contributed by atoms with Gasteiger partial charge >= 0.3 is 6.03 Å². The van der Waals surface area contributed by atoms with Gasteiger partial charge in [0.2, 0.25) is 5.91 Å². The molecule has 1 saturated heterocycles. The van der Waals surface area contributed by atoms with Gasteiger partial charge < -0.3 is 15.5 Å². The van der Waals surface area contributed by atoms with Crippen LogP contribution in [0.4, 0.5) is 10.5 Å². The molecular weight excluding hydrogens is 362 g/mol. The Bertz CT molecular complexity index is 780. The number of nitrogens with one attached hydrogen (secondary N) is 2. The van der Waals surface area contributed by atoms with Crippen molar-refractivity contribution < 1.29 is 9.59 Å². The molecule has 0 saturated carbocycles. The normalized spacial score (nSPS) is 17.9. The highest BCUT2D eigenvalue weighted by Gasteiger charge is 2.29. The van der Waals surface area contributed by atoms with Gasteiger partial charge in [-0.15, -0.1) is 0 Å². The number of halogens is 1. The highest BCUT2D eigenvalue weighted by atomic mass is 35.5. The van der Waals surface area contributed by atoms with E-state index in [9.17, 15) is 9.59 Å². The zero-order valence-electron chi connectivity index (χ0n) is 15.3. The largest absolute Gasteiger partial charge is 0.349 e. The van der Waals surface area contributed by atoms with Crippen LogP contribution in [-0.4, -0.2) is 29.9 Å². The number of rotatable bonds is 4. The standard InChI is InChI=1S/C21H24ClN3O2/c1-15(16-9-11-18(22)12-10-16)23-20(26)17-6-5-13-25(14-17)21(27)24-19-7-3-2-4-8-19/h2-4,7-12,15,17H,5-6,13-14H2,1H3,(H,23,26)(H,24,27)/t15-,17-/m1/s1. The summed E-state index contributed by atoms with van der Waals surface area (Å²) in [7, 11) is 0. The Morgan fingerprint density at radius 2 is 1.81 bits per heavy atom. The van der Waals surface area contributed by atoms with E-state index in [1.54, 1.807) is 4.90 Å². The van der Waals surface area contributed by atoms with E-state index in [4.69, 9.17) is 11.6 Å². The van der Waals surface area contributed by atoms with Crippen LogP contribution in [0.3, 0.4) is 0 Å². The van der Waals surface area contributed by atoms with Crippen molar-refractivity contribution >= 4 is 29.2 Å². The van der Waals surface area contributed by atoms with Crippen molar-refractivity contribution in [3.63, 3.8) is 0 Å². The third kappa shape index (κ3) is 5.23. The summed E-state index contributed by atoms with van der Waals surface area (Å²) in [5.74, 6) is -0.218. The number of hydrogen-bond acceptors (Lipinski definition) is 2. The lowest BCUT2D eigenvalue weighted by Gasteiger charge is -2.32. The molecule has 1 heterocycles. The summed E-state index contributed by atoms with van der Waals surface area (Å²) in [6.45, 7) is 3.04. The van der Waals surface area contributed by atoms with E-state index in [-0.39, 0.29) is 23.9 Å². The Morgan fingerprint density at radius 3 is 2.52 bits per heavy atom. The summed E-state index contributed by atoms with van der Waals surface area (Å²) in [4.78, 5) is 26.9. The number of para-hydroxylation sites is 1. The van der Waals surface area contributed by atoms with Crippen LogP contribution in [0, 0.1) is 5.92 Å². The van der Waals surface area contributed by atoms with Crippen molar-refractivity contribution in [2.45, 2.75) is 25.8 Å². The summed E-state index contributed by atoms with van der Waals surface area (Å²) < 4.78 is 0. The molecule has 0 aliphatic carbocycles. The maximum Gasteiger partial charge on any atom is 0.321 e. The minimum absolute atomic E-state index is 0.0188. The molecule has 0 spiro atoms. The van der Waals surface area contributed by atoms with E-state index in [0.717, 1.165) is 24.1 Å². The van der Waals surface area contributed by atoms with Gasteiger partial charge in [-0.05, 0) is 49.6 Å². The average Bonchev–Trinajstić information content (AvgIpc) is 2.69. The maximum atomic E-state index is 12.7. The third-order valence-electron chi connectivity index (χ3n) is 4.83. The summed E-state index contributed by atoms with van der Waals surface area (Å²) >= 11 is 5.92. The van der Waals surface area contributed by atoms with Crippen LogP contribution in [-0.2, 0) is 4.79 Å². The first-order chi connectivity index (χ1) is 13.0. The number of carbonyl (C=O) groups is 2. The Hall–Kier alpha value is -2.53. The SMILES string of the molecule is C[C@@H](NC(=O)[C@@H]1CCCN(C(=O)Nc2ccccc2)C1)c1ccc(Cl)cc1. The van der Waals surface area contributed by atoms with Crippen LogP contribution >= 0.6 is 11.6 Å². The van der Waals surface area contributed by atoms with Gasteiger partial charge in [-0.25, -0.2) is 4.79 Å². The van der Waals surface area contributed by atoms with Crippen molar-refractivity contribution in [1.82, 2.24) is 10.2 Å². The van der Waals surface area contributed by atoms with Crippen molar-refractivity contribution in [2.24, 2.45) is 5.92 Å². The molecule has 0 aromatic heterocycles. The zero-order chi connectivity index (χ0) is 19.2. The molecule has 2 N–H and O–H groups in total. The fourth-order valence-electron chi connectivity index (χ4n) is 3.27. The highest BCUT2D eigenvalue weighted by molar-refractivity contribution is 6.30. The lowest BCUT2D eigenvalue weighted by atomic mass is 9.96. The average molecular weight is 386 g/mol. The van der Waals surface area contributed by atoms with Gasteiger partial charge in [0.15, 0.2) is 0 Å². The number of piperidine rings is 1. The molecule has 3 amide bonds. The summed E-state index contributed by atoms with van der Waals surface area (Å²) in [6, 6.07) is 16.5. The summed E-state index contributed by atoms with van der Waals surface area (Å²) in [5, 5.41) is 6.61. The van der Waals surface area contributed by atoms with Gasteiger partial charge in [0.05, 0.1) is 12.0 Å². The molecule has 0 unspecified atom stereocenters. The molecule has 0 bridgehead atoms. The highest BCUT2D eigenvalue weighted by Crippen LogP contribution is 2.21. The van der Waals surface area contributed by atoms with E-state index >= 15 is 0 Å². The predicted octanol–water partition coefficient (Wildman–Crippen LogP) is 4.46. The number of hydrogen-bond donors (Lipinski definition) is 2. The van der Waals surface area contributed by atoms with Crippen LogP contribution in [0.2, 0.25) is 5.02 Å². The number of carbonyl (C=O) groups excluding carboxylic acids is 2. The molecule has 2 aromatic carbocycles. The van der Waals surface area contributed by atoms with Crippen LogP contribution in [0.5, 0.6) is 0 Å². The maximum absolute atomic E-state index is 12.7. The second kappa shape index (κ2) is 8.91. The molecule has 1 fully saturated rings. The molecule has 2 aromatic rings. The predicted molar refractivity (Wildman–Crippen MR) is 108 cm³/mol. The molecule has 6 heteroatoms. The Labute approximate surface area is 164 Å². The molecule has 142 valence electrons. The second-order valence-electron chi connectivity index (χ2n) is 6.86. The van der Waals surface area contributed by atoms with Crippen LogP contribution in [0.25, 0.3) is 0 Å². The number of urea groups is 1. The monoisotopic (exact) mass is 385 g/mol. The second-order valence-corrected chi connectivity index (χ2v) is 7.30. The first-order valence-electron chi connectivity index (χ1n) is 9.20. The number of nitrogens with zero attached hydrogens (tertiary/aromatic N) is 1. The van der Waals surface area contributed by atoms with Gasteiger partial charge in [0.1, 0.15) is 0 Å². The third-order valence-corrected chi connectivity index (χ3v) is 5.09. The minimum Gasteiger partial charge on any atom is -0.349 e.